The van der Waals surface area contributed by atoms with Gasteiger partial charge in [0.25, 0.3) is 5.69 Å². The summed E-state index contributed by atoms with van der Waals surface area (Å²) in [6, 6.07) is 16.9. The molecule has 1 aliphatic rings. The summed E-state index contributed by atoms with van der Waals surface area (Å²) in [7, 11) is 2.93. The second-order valence-corrected chi connectivity index (χ2v) is 7.13. The van der Waals surface area contributed by atoms with Gasteiger partial charge in [0.15, 0.2) is 23.7 Å². The Morgan fingerprint density at radius 1 is 1.00 bits per heavy atom. The van der Waals surface area contributed by atoms with Crippen molar-refractivity contribution < 1.29 is 33.5 Å². The van der Waals surface area contributed by atoms with Gasteiger partial charge in [0.05, 0.1) is 30.3 Å². The van der Waals surface area contributed by atoms with Gasteiger partial charge in [-0.3, -0.25) is 10.1 Å². The maximum Gasteiger partial charge on any atom is 0.339 e. The number of non-ortho nitro benzene ring substituents is 1. The lowest BCUT2D eigenvalue weighted by molar-refractivity contribution is -0.384. The fraction of sp³-hybridized carbons (Fsp3) is 0.167. The molecule has 0 unspecified atom stereocenters. The van der Waals surface area contributed by atoms with E-state index in [4.69, 9.17) is 18.9 Å². The number of fused-ring (bicyclic) bond motifs is 1. The Labute approximate surface area is 188 Å². The number of carbonyl (C=O) groups excluding carboxylic acids is 2. The zero-order chi connectivity index (χ0) is 23.5. The van der Waals surface area contributed by atoms with Crippen molar-refractivity contribution >= 4 is 17.6 Å². The standard InChI is InChI=1S/C24H19NO8/c1-30-19-9-5-8-18(20(19)31-2)22(21-16-6-3-4-7-17(16)24(27)33-21)32-23(26)14-10-12-15(13-11-14)25(28)29/h3-13,21-22H,1-2H3/t21-,22-/m0/s1. The summed E-state index contributed by atoms with van der Waals surface area (Å²) in [5, 5.41) is 10.9. The molecule has 4 rings (SSSR count). The highest BCUT2D eigenvalue weighted by Crippen LogP contribution is 2.46. The molecular formula is C24H19NO8. The van der Waals surface area contributed by atoms with E-state index in [9.17, 15) is 19.7 Å². The first-order valence-electron chi connectivity index (χ1n) is 9.90. The molecule has 1 heterocycles. The van der Waals surface area contributed by atoms with E-state index in [2.05, 4.69) is 0 Å². The first-order valence-corrected chi connectivity index (χ1v) is 9.90. The van der Waals surface area contributed by atoms with Gasteiger partial charge in [0.2, 0.25) is 0 Å². The molecule has 3 aromatic carbocycles. The molecule has 9 nitrogen and oxygen atoms in total. The minimum absolute atomic E-state index is 0.102. The Kier molecular flexibility index (Phi) is 5.95. The maximum absolute atomic E-state index is 13.0. The third kappa shape index (κ3) is 4.08. The zero-order valence-electron chi connectivity index (χ0n) is 17.7. The van der Waals surface area contributed by atoms with E-state index in [1.807, 2.05) is 0 Å². The molecule has 0 bridgehead atoms. The lowest BCUT2D eigenvalue weighted by Gasteiger charge is -2.26. The number of carbonyl (C=O) groups is 2. The van der Waals surface area contributed by atoms with Gasteiger partial charge in [0.1, 0.15) is 0 Å². The summed E-state index contributed by atoms with van der Waals surface area (Å²) in [5.41, 5.74) is 1.32. The van der Waals surface area contributed by atoms with Crippen molar-refractivity contribution in [3.8, 4) is 11.5 Å². The van der Waals surface area contributed by atoms with Gasteiger partial charge in [-0.25, -0.2) is 9.59 Å². The Balaban J connectivity index is 1.77. The first-order chi connectivity index (χ1) is 15.9. The van der Waals surface area contributed by atoms with Crippen molar-refractivity contribution in [1.29, 1.82) is 0 Å². The number of ether oxygens (including phenoxy) is 4. The molecule has 0 radical (unpaired) electrons. The lowest BCUT2D eigenvalue weighted by atomic mass is 9.95. The molecule has 0 amide bonds. The number of esters is 2. The smallest absolute Gasteiger partial charge is 0.339 e. The highest BCUT2D eigenvalue weighted by Gasteiger charge is 2.41. The fourth-order valence-electron chi connectivity index (χ4n) is 3.73. The third-order valence-corrected chi connectivity index (χ3v) is 5.28. The Morgan fingerprint density at radius 3 is 2.39 bits per heavy atom. The number of benzene rings is 3. The van der Waals surface area contributed by atoms with Crippen molar-refractivity contribution in [2.45, 2.75) is 12.2 Å². The summed E-state index contributed by atoms with van der Waals surface area (Å²) >= 11 is 0. The topological polar surface area (TPSA) is 114 Å². The minimum atomic E-state index is -1.08. The van der Waals surface area contributed by atoms with E-state index in [1.165, 1.54) is 38.5 Å². The summed E-state index contributed by atoms with van der Waals surface area (Å²) in [4.78, 5) is 35.8. The highest BCUT2D eigenvalue weighted by atomic mass is 16.6. The monoisotopic (exact) mass is 449 g/mol. The van der Waals surface area contributed by atoms with E-state index >= 15 is 0 Å². The molecule has 2 atom stereocenters. The van der Waals surface area contributed by atoms with Crippen LogP contribution in [0.5, 0.6) is 11.5 Å². The van der Waals surface area contributed by atoms with Crippen molar-refractivity contribution in [1.82, 2.24) is 0 Å². The number of rotatable bonds is 7. The number of nitro groups is 1. The number of nitrogens with zero attached hydrogens (tertiary/aromatic N) is 1. The first kappa shape index (κ1) is 21.8. The molecule has 0 aliphatic carbocycles. The average molecular weight is 449 g/mol. The van der Waals surface area contributed by atoms with Crippen LogP contribution >= 0.6 is 0 Å². The molecule has 1 aliphatic heterocycles. The van der Waals surface area contributed by atoms with Crippen LogP contribution < -0.4 is 9.47 Å². The van der Waals surface area contributed by atoms with E-state index in [1.54, 1.807) is 42.5 Å². The summed E-state index contributed by atoms with van der Waals surface area (Å²) < 4.78 is 22.3. The summed E-state index contributed by atoms with van der Waals surface area (Å²) in [5.74, 6) is -0.556. The van der Waals surface area contributed by atoms with Gasteiger partial charge >= 0.3 is 11.9 Å². The van der Waals surface area contributed by atoms with Gasteiger partial charge < -0.3 is 18.9 Å². The molecule has 0 spiro atoms. The largest absolute Gasteiger partial charge is 0.493 e. The van der Waals surface area contributed by atoms with E-state index in [0.29, 0.717) is 28.2 Å². The molecule has 9 heteroatoms. The maximum atomic E-state index is 13.0. The molecular weight excluding hydrogens is 430 g/mol. The van der Waals surface area contributed by atoms with Gasteiger partial charge in [-0.2, -0.15) is 0 Å². The number of methoxy groups -OCH3 is 2. The Bertz CT molecular complexity index is 1220. The van der Waals surface area contributed by atoms with E-state index in [0.717, 1.165) is 0 Å². The second kappa shape index (κ2) is 8.99. The molecule has 0 saturated heterocycles. The van der Waals surface area contributed by atoms with Gasteiger partial charge in [-0.15, -0.1) is 0 Å². The molecule has 0 fully saturated rings. The molecule has 0 N–H and O–H groups in total. The molecule has 0 aromatic heterocycles. The fourth-order valence-corrected chi connectivity index (χ4v) is 3.73. The van der Waals surface area contributed by atoms with Crippen LogP contribution in [0.4, 0.5) is 5.69 Å². The number of cyclic esters (lactones) is 1. The SMILES string of the molecule is COc1cccc([C@H](OC(=O)c2ccc([N+](=O)[O-])cc2)[C@H]2OC(=O)c3ccccc32)c1OC. The van der Waals surface area contributed by atoms with Crippen LogP contribution in [-0.4, -0.2) is 31.1 Å². The van der Waals surface area contributed by atoms with Crippen LogP contribution in [0, 0.1) is 10.1 Å². The van der Waals surface area contributed by atoms with Crippen LogP contribution in [0.3, 0.4) is 0 Å². The molecule has 168 valence electrons. The van der Waals surface area contributed by atoms with Crippen molar-refractivity contribution in [3.05, 3.63) is 99.1 Å². The number of hydrogen-bond acceptors (Lipinski definition) is 8. The molecule has 0 saturated carbocycles. The highest BCUT2D eigenvalue weighted by molar-refractivity contribution is 5.94. The van der Waals surface area contributed by atoms with E-state index in [-0.39, 0.29) is 11.3 Å². The Morgan fingerprint density at radius 2 is 1.73 bits per heavy atom. The summed E-state index contributed by atoms with van der Waals surface area (Å²) in [6.45, 7) is 0. The number of nitro benzene ring substituents is 1. The van der Waals surface area contributed by atoms with Crippen molar-refractivity contribution in [2.75, 3.05) is 14.2 Å². The van der Waals surface area contributed by atoms with Gasteiger partial charge in [-0.05, 0) is 24.3 Å². The van der Waals surface area contributed by atoms with Crippen LogP contribution in [0.15, 0.2) is 66.7 Å². The van der Waals surface area contributed by atoms with E-state index < -0.39 is 29.1 Å². The quantitative estimate of drug-likeness (QED) is 0.296. The predicted molar refractivity (Wildman–Crippen MR) is 115 cm³/mol. The predicted octanol–water partition coefficient (Wildman–Crippen LogP) is 4.42. The van der Waals surface area contributed by atoms with Crippen LogP contribution in [0.1, 0.15) is 44.1 Å². The third-order valence-electron chi connectivity index (χ3n) is 5.28. The van der Waals surface area contributed by atoms with Crippen LogP contribution in [-0.2, 0) is 9.47 Å². The van der Waals surface area contributed by atoms with Crippen LogP contribution in [0.2, 0.25) is 0 Å². The normalized spacial score (nSPS) is 15.2. The van der Waals surface area contributed by atoms with Gasteiger partial charge in [0, 0.05) is 23.3 Å². The lowest BCUT2D eigenvalue weighted by Crippen LogP contribution is -2.20. The van der Waals surface area contributed by atoms with Crippen molar-refractivity contribution in [3.63, 3.8) is 0 Å². The number of para-hydroxylation sites is 1. The molecule has 33 heavy (non-hydrogen) atoms. The zero-order valence-corrected chi connectivity index (χ0v) is 17.7. The number of hydrogen-bond donors (Lipinski definition) is 0. The van der Waals surface area contributed by atoms with Gasteiger partial charge in [-0.1, -0.05) is 30.3 Å². The van der Waals surface area contributed by atoms with Crippen LogP contribution in [0.25, 0.3) is 0 Å². The minimum Gasteiger partial charge on any atom is -0.493 e. The average Bonchev–Trinajstić information content (AvgIpc) is 3.18. The van der Waals surface area contributed by atoms with Crippen molar-refractivity contribution in [2.24, 2.45) is 0 Å². The molecule has 3 aromatic rings. The second-order valence-electron chi connectivity index (χ2n) is 7.13. The summed E-state index contributed by atoms with van der Waals surface area (Å²) in [6.07, 6.45) is -2.01. The Hall–Kier alpha value is -4.40.